The minimum absolute atomic E-state index is 0.142. The molecule has 0 rings (SSSR count). The molecule has 0 saturated carbocycles. The van der Waals surface area contributed by atoms with Crippen LogP contribution < -0.4 is 0 Å². The van der Waals surface area contributed by atoms with Crippen LogP contribution in [0, 0.1) is 0 Å². The van der Waals surface area contributed by atoms with Gasteiger partial charge in [-0.1, -0.05) is 20.8 Å². The van der Waals surface area contributed by atoms with E-state index in [9.17, 15) is 9.90 Å². The zero-order valence-electron chi connectivity index (χ0n) is 11.2. The van der Waals surface area contributed by atoms with E-state index < -0.39 is 20.4 Å². The van der Waals surface area contributed by atoms with Crippen LogP contribution in [0.3, 0.4) is 0 Å². The van der Waals surface area contributed by atoms with Crippen LogP contribution in [-0.2, 0) is 14.0 Å². The molecule has 5 heteroatoms. The molecule has 0 aliphatic carbocycles. The number of ether oxygens (including phenoxy) is 1. The van der Waals surface area contributed by atoms with E-state index in [0.29, 0.717) is 13.0 Å². The Hall–Kier alpha value is -0.393. The van der Waals surface area contributed by atoms with Crippen molar-refractivity contribution in [3.8, 4) is 0 Å². The fraction of sp³-hybridized carbons (Fsp3) is 0.909. The maximum absolute atomic E-state index is 10.9. The van der Waals surface area contributed by atoms with Crippen LogP contribution in [0.1, 0.15) is 27.2 Å². The van der Waals surface area contributed by atoms with Gasteiger partial charge in [-0.05, 0) is 18.1 Å². The summed E-state index contributed by atoms with van der Waals surface area (Å²) >= 11 is 0. The third kappa shape index (κ3) is 4.63. The lowest BCUT2D eigenvalue weighted by molar-refractivity contribution is -0.151. The summed E-state index contributed by atoms with van der Waals surface area (Å²) in [5, 5.41) is 9.52. The molecule has 16 heavy (non-hydrogen) atoms. The van der Waals surface area contributed by atoms with Crippen molar-refractivity contribution >= 4 is 14.3 Å². The van der Waals surface area contributed by atoms with E-state index in [4.69, 9.17) is 4.43 Å². The predicted molar refractivity (Wildman–Crippen MR) is 65.8 cm³/mol. The lowest BCUT2D eigenvalue weighted by atomic mass is 10.2. The van der Waals surface area contributed by atoms with Gasteiger partial charge in [0, 0.05) is 13.0 Å². The quantitative estimate of drug-likeness (QED) is 0.596. The summed E-state index contributed by atoms with van der Waals surface area (Å²) in [6.07, 6.45) is -0.783. The molecule has 0 aromatic rings. The minimum atomic E-state index is -1.78. The van der Waals surface area contributed by atoms with Crippen LogP contribution in [0.25, 0.3) is 0 Å². The molecule has 96 valence electrons. The first-order chi connectivity index (χ1) is 7.12. The number of carbonyl (C=O) groups is 1. The molecule has 1 atom stereocenters. The molecular formula is C11H24O4Si. The van der Waals surface area contributed by atoms with Gasteiger partial charge < -0.3 is 14.3 Å². The van der Waals surface area contributed by atoms with E-state index in [1.54, 1.807) is 0 Å². The van der Waals surface area contributed by atoms with Gasteiger partial charge in [0.05, 0.1) is 7.11 Å². The molecule has 0 heterocycles. The Morgan fingerprint density at radius 1 is 1.38 bits per heavy atom. The van der Waals surface area contributed by atoms with Crippen LogP contribution in [-0.4, -0.2) is 39.2 Å². The van der Waals surface area contributed by atoms with Crippen molar-refractivity contribution in [3.05, 3.63) is 0 Å². The van der Waals surface area contributed by atoms with Gasteiger partial charge in [-0.25, -0.2) is 4.79 Å². The third-order valence-electron chi connectivity index (χ3n) is 3.13. The molecule has 0 bridgehead atoms. The van der Waals surface area contributed by atoms with Gasteiger partial charge in [0.2, 0.25) is 0 Å². The molecule has 0 fully saturated rings. The minimum Gasteiger partial charge on any atom is -0.467 e. The first-order valence-corrected chi connectivity index (χ1v) is 8.42. The maximum atomic E-state index is 10.9. The van der Waals surface area contributed by atoms with Crippen LogP contribution >= 0.6 is 0 Å². The average molecular weight is 248 g/mol. The van der Waals surface area contributed by atoms with E-state index in [-0.39, 0.29) is 5.04 Å². The molecule has 0 saturated heterocycles. The van der Waals surface area contributed by atoms with Crippen LogP contribution in [0.5, 0.6) is 0 Å². The zero-order valence-corrected chi connectivity index (χ0v) is 12.2. The third-order valence-corrected chi connectivity index (χ3v) is 7.67. The Balaban J connectivity index is 4.04. The largest absolute Gasteiger partial charge is 0.467 e. The number of esters is 1. The number of carbonyl (C=O) groups excluding carboxylic acids is 1. The standard InChI is InChI=1S/C11H24O4Si/c1-11(2,3)16(5,6)15-8-7-9(12)10(13)14-4/h9,12H,7-8H2,1-6H3/t9-/m1/s1. The van der Waals surface area contributed by atoms with Crippen LogP contribution in [0.15, 0.2) is 0 Å². The first-order valence-electron chi connectivity index (χ1n) is 5.51. The van der Waals surface area contributed by atoms with Crippen molar-refractivity contribution in [2.45, 2.75) is 51.4 Å². The molecule has 0 aromatic carbocycles. The highest BCUT2D eigenvalue weighted by atomic mass is 28.4. The van der Waals surface area contributed by atoms with Crippen molar-refractivity contribution in [1.82, 2.24) is 0 Å². The topological polar surface area (TPSA) is 55.8 Å². The fourth-order valence-electron chi connectivity index (χ4n) is 0.896. The number of hydrogen-bond donors (Lipinski definition) is 1. The summed E-state index contributed by atoms with van der Waals surface area (Å²) in [6, 6.07) is 0. The van der Waals surface area contributed by atoms with Gasteiger partial charge in [-0.2, -0.15) is 0 Å². The van der Waals surface area contributed by atoms with Gasteiger partial charge in [0.1, 0.15) is 0 Å². The highest BCUT2D eigenvalue weighted by Gasteiger charge is 2.37. The van der Waals surface area contributed by atoms with E-state index in [1.165, 1.54) is 7.11 Å². The molecule has 0 spiro atoms. The SMILES string of the molecule is COC(=O)[C@H](O)CCO[Si](C)(C)C(C)(C)C. The molecule has 0 amide bonds. The second-order valence-electron chi connectivity index (χ2n) is 5.44. The first kappa shape index (κ1) is 15.6. The summed E-state index contributed by atoms with van der Waals surface area (Å²) in [4.78, 5) is 10.9. The Kier molecular flexibility index (Phi) is 5.65. The van der Waals surface area contributed by atoms with Crippen molar-refractivity contribution in [2.75, 3.05) is 13.7 Å². The molecule has 0 aliphatic heterocycles. The van der Waals surface area contributed by atoms with Crippen LogP contribution in [0.2, 0.25) is 18.1 Å². The van der Waals surface area contributed by atoms with Gasteiger partial charge in [0.15, 0.2) is 14.4 Å². The lowest BCUT2D eigenvalue weighted by Gasteiger charge is -2.36. The number of methoxy groups -OCH3 is 1. The fourth-order valence-corrected chi connectivity index (χ4v) is 1.96. The van der Waals surface area contributed by atoms with E-state index in [2.05, 4.69) is 38.6 Å². The van der Waals surface area contributed by atoms with Gasteiger partial charge in [-0.15, -0.1) is 0 Å². The summed E-state index contributed by atoms with van der Waals surface area (Å²) in [6.45, 7) is 11.1. The monoisotopic (exact) mass is 248 g/mol. The summed E-state index contributed by atoms with van der Waals surface area (Å²) in [5.41, 5.74) is 0. The van der Waals surface area contributed by atoms with Crippen molar-refractivity contribution in [2.24, 2.45) is 0 Å². The number of aliphatic hydroxyl groups excluding tert-OH is 1. The molecule has 0 unspecified atom stereocenters. The predicted octanol–water partition coefficient (Wildman–Crippen LogP) is 1.93. The summed E-state index contributed by atoms with van der Waals surface area (Å²) in [5.74, 6) is -0.598. The highest BCUT2D eigenvalue weighted by Crippen LogP contribution is 2.36. The van der Waals surface area contributed by atoms with E-state index in [1.807, 2.05) is 0 Å². The number of rotatable bonds is 5. The number of hydrogen-bond acceptors (Lipinski definition) is 4. The summed E-state index contributed by atoms with van der Waals surface area (Å²) in [7, 11) is -0.516. The molecule has 4 nitrogen and oxygen atoms in total. The van der Waals surface area contributed by atoms with Crippen molar-refractivity contribution in [3.63, 3.8) is 0 Å². The average Bonchev–Trinajstić information content (AvgIpc) is 2.14. The molecule has 1 N–H and O–H groups in total. The molecule has 0 aromatic heterocycles. The normalized spacial score (nSPS) is 14.7. The highest BCUT2D eigenvalue weighted by molar-refractivity contribution is 6.74. The second kappa shape index (κ2) is 5.79. The molecular weight excluding hydrogens is 224 g/mol. The Labute approximate surface area is 99.1 Å². The van der Waals surface area contributed by atoms with Crippen molar-refractivity contribution < 1.29 is 19.1 Å². The smallest absolute Gasteiger partial charge is 0.334 e. The van der Waals surface area contributed by atoms with E-state index >= 15 is 0 Å². The molecule has 0 aliphatic rings. The Bertz CT molecular complexity index is 233. The maximum Gasteiger partial charge on any atom is 0.334 e. The Morgan fingerprint density at radius 3 is 2.25 bits per heavy atom. The number of aliphatic hydroxyl groups is 1. The van der Waals surface area contributed by atoms with Crippen LogP contribution in [0.4, 0.5) is 0 Å². The second-order valence-corrected chi connectivity index (χ2v) is 10.2. The summed E-state index contributed by atoms with van der Waals surface area (Å²) < 4.78 is 10.3. The Morgan fingerprint density at radius 2 is 1.88 bits per heavy atom. The van der Waals surface area contributed by atoms with Gasteiger partial charge in [-0.3, -0.25) is 0 Å². The zero-order chi connectivity index (χ0) is 13.0. The van der Waals surface area contributed by atoms with E-state index in [0.717, 1.165) is 0 Å². The van der Waals surface area contributed by atoms with Gasteiger partial charge >= 0.3 is 5.97 Å². The van der Waals surface area contributed by atoms with Gasteiger partial charge in [0.25, 0.3) is 0 Å². The lowest BCUT2D eigenvalue weighted by Crippen LogP contribution is -2.41. The molecule has 0 radical (unpaired) electrons. The van der Waals surface area contributed by atoms with Crippen molar-refractivity contribution in [1.29, 1.82) is 0 Å².